The van der Waals surface area contributed by atoms with E-state index in [0.717, 1.165) is 63.4 Å². The molecular formula is C72H120N6O21. The number of rotatable bonds is 45. The molecule has 27 nitrogen and oxygen atoms in total. The van der Waals surface area contributed by atoms with Crippen LogP contribution in [0.4, 0.5) is 0 Å². The van der Waals surface area contributed by atoms with Gasteiger partial charge in [0, 0.05) is 33.8 Å². The number of amides is 6. The van der Waals surface area contributed by atoms with Crippen molar-refractivity contribution in [2.45, 2.75) is 260 Å². The van der Waals surface area contributed by atoms with Gasteiger partial charge in [0.05, 0.1) is 39.5 Å². The molecule has 1 aromatic rings. The van der Waals surface area contributed by atoms with Crippen LogP contribution in [0.2, 0.25) is 0 Å². The van der Waals surface area contributed by atoms with Crippen LogP contribution in [0.5, 0.6) is 0 Å². The Morgan fingerprint density at radius 1 is 0.404 bits per heavy atom. The van der Waals surface area contributed by atoms with Crippen LogP contribution in [-0.4, -0.2) is 234 Å². The summed E-state index contributed by atoms with van der Waals surface area (Å²) in [6.45, 7) is 2.06. The molecule has 0 bridgehead atoms. The lowest BCUT2D eigenvalue weighted by atomic mass is 9.97. The predicted molar refractivity (Wildman–Crippen MR) is 373 cm³/mol. The standard InChI is InChI=1S/C27H48N2O7.C25H46N2O7.C20H26N2O7/c1-3-4-5-6-7-8-9-10-11-12-13-14-15-16-17-18-22(31)28-19-23(32)29-24-26(34)25(33)21(20-30)36-27(24)35-2;1-3-4-5-6-7-8-9-10-11-12-13-14-15-16-20(29)26-17-21(30)27-22-24(32)23(31)19(18-28)34-25(22)33-2;1-28-20-17(19(27)18(26)14(12-23)29-20)22-16(25)11-21-15(24)10-6-5-9-13-7-3-2-4-8-13/h8-9,17-18,21,24-27,30,33-34H,3-7,10-16,19-20H2,1-2H3,(H,28,31)(H,29,32);8-9,19,22-25,28,31-32H,3-7,10-18H2,1-2H3,(H,26,29)(H,27,30);2-10,14,17-20,23,26-27H,11-12H2,1H3,(H,21,24)(H,22,25)/b9-8-,18-17+;9-8-;9-5+,10-6+. The number of hydrogen-bond donors (Lipinski definition) is 15. The molecule has 15 N–H and O–H groups in total. The van der Waals surface area contributed by atoms with E-state index in [1.54, 1.807) is 18.2 Å². The first-order valence-electron chi connectivity index (χ1n) is 35.4. The van der Waals surface area contributed by atoms with Crippen LogP contribution in [0, 0.1) is 0 Å². The minimum absolute atomic E-state index is 0.203. The molecule has 27 heteroatoms. The molecule has 99 heavy (non-hydrogen) atoms. The second-order valence-corrected chi connectivity index (χ2v) is 24.6. The first-order chi connectivity index (χ1) is 47.8. The summed E-state index contributed by atoms with van der Waals surface area (Å²) < 4.78 is 31.3. The average molecular weight is 1410 g/mol. The van der Waals surface area contributed by atoms with Crippen LogP contribution in [0.3, 0.4) is 0 Å². The average Bonchev–Trinajstić information content (AvgIpc) is 0.828. The first kappa shape index (κ1) is 89.2. The monoisotopic (exact) mass is 1400 g/mol. The zero-order chi connectivity index (χ0) is 73.0. The molecule has 3 saturated heterocycles. The molecule has 0 aliphatic carbocycles. The highest BCUT2D eigenvalue weighted by atomic mass is 16.7. The quantitative estimate of drug-likeness (QED) is 0.0193. The number of carbonyl (C=O) groups excluding carboxylic acids is 6. The fourth-order valence-electron chi connectivity index (χ4n) is 10.8. The topological polar surface area (TPSA) is 412 Å². The van der Waals surface area contributed by atoms with Crippen LogP contribution in [-0.2, 0) is 57.2 Å². The normalized spacial score (nSPS) is 25.4. The van der Waals surface area contributed by atoms with Crippen molar-refractivity contribution in [1.82, 2.24) is 31.9 Å². The number of aliphatic hydroxyl groups excluding tert-OH is 9. The lowest BCUT2D eigenvalue weighted by Gasteiger charge is -2.41. The van der Waals surface area contributed by atoms with Crippen LogP contribution in [0.1, 0.15) is 174 Å². The maximum Gasteiger partial charge on any atom is 0.244 e. The van der Waals surface area contributed by atoms with Crippen LogP contribution in [0.15, 0.2) is 85.0 Å². The van der Waals surface area contributed by atoms with Gasteiger partial charge in [0.1, 0.15) is 73.1 Å². The van der Waals surface area contributed by atoms with Gasteiger partial charge in [-0.05, 0) is 82.3 Å². The summed E-state index contributed by atoms with van der Waals surface area (Å²) in [7, 11) is 3.96. The van der Waals surface area contributed by atoms with Gasteiger partial charge in [-0.1, -0.05) is 170 Å². The maximum absolute atomic E-state index is 12.2. The SMILES string of the molecule is CCCCCC/C=C\CCCCCCC/C=C/C(=O)NCC(=O)NC1C(OC)OC(CO)C(O)C1O.CCCCCC/C=C\CCCCCCCC(=O)NCC(=O)NC1C(OC)OC(CO)C(O)C1O.COC1OC(CO)C(O)C(O)C1NC(=O)CNC(=O)/C=C/C=C/c1ccccc1. The van der Waals surface area contributed by atoms with E-state index in [1.807, 2.05) is 36.4 Å². The van der Waals surface area contributed by atoms with Gasteiger partial charge in [0.25, 0.3) is 0 Å². The lowest BCUT2D eigenvalue weighted by molar-refractivity contribution is -0.262. The Balaban J connectivity index is 0.000000508. The van der Waals surface area contributed by atoms with Crippen molar-refractivity contribution in [1.29, 1.82) is 0 Å². The minimum atomic E-state index is -1.41. The first-order valence-corrected chi connectivity index (χ1v) is 35.4. The molecular weight excluding hydrogens is 1280 g/mol. The molecule has 15 unspecified atom stereocenters. The van der Waals surface area contributed by atoms with Crippen LogP contribution in [0.25, 0.3) is 6.08 Å². The van der Waals surface area contributed by atoms with E-state index in [-0.39, 0.29) is 31.4 Å². The van der Waals surface area contributed by atoms with E-state index in [2.05, 4.69) is 70.1 Å². The molecule has 564 valence electrons. The number of benzene rings is 1. The smallest absolute Gasteiger partial charge is 0.244 e. The lowest BCUT2D eigenvalue weighted by Crippen LogP contribution is -2.65. The third-order valence-corrected chi connectivity index (χ3v) is 16.6. The summed E-state index contributed by atoms with van der Waals surface area (Å²) in [6, 6.07) is 6.43. The van der Waals surface area contributed by atoms with Crippen molar-refractivity contribution in [3.63, 3.8) is 0 Å². The Hall–Kier alpha value is -5.86. The third-order valence-electron chi connectivity index (χ3n) is 16.6. The van der Waals surface area contributed by atoms with Gasteiger partial charge in [-0.3, -0.25) is 28.8 Å². The molecule has 3 heterocycles. The van der Waals surface area contributed by atoms with E-state index in [9.17, 15) is 69.6 Å². The number of carbonyl (C=O) groups is 6. The summed E-state index contributed by atoms with van der Waals surface area (Å²) >= 11 is 0. The fraction of sp³-hybridized carbons (Fsp3) is 0.694. The summed E-state index contributed by atoms with van der Waals surface area (Å²) in [5.41, 5.74) is 0.989. The Bertz CT molecular complexity index is 2490. The van der Waals surface area contributed by atoms with E-state index in [4.69, 9.17) is 33.5 Å². The highest BCUT2D eigenvalue weighted by Crippen LogP contribution is 2.25. The fourth-order valence-corrected chi connectivity index (χ4v) is 10.8. The summed E-state index contributed by atoms with van der Waals surface area (Å²) in [4.78, 5) is 72.2. The second kappa shape index (κ2) is 55.8. The highest BCUT2D eigenvalue weighted by Gasteiger charge is 2.47. The van der Waals surface area contributed by atoms with Crippen molar-refractivity contribution in [3.8, 4) is 0 Å². The number of hydrogen-bond acceptors (Lipinski definition) is 21. The van der Waals surface area contributed by atoms with Gasteiger partial charge in [-0.15, -0.1) is 0 Å². The van der Waals surface area contributed by atoms with Gasteiger partial charge in [0.2, 0.25) is 35.4 Å². The van der Waals surface area contributed by atoms with E-state index < -0.39 is 135 Å². The van der Waals surface area contributed by atoms with Crippen molar-refractivity contribution in [2.75, 3.05) is 60.8 Å². The molecule has 1 aromatic carbocycles. The van der Waals surface area contributed by atoms with Crippen molar-refractivity contribution in [3.05, 3.63) is 90.6 Å². The number of allylic oxidation sites excluding steroid dienone is 7. The zero-order valence-electron chi connectivity index (χ0n) is 59.0. The van der Waals surface area contributed by atoms with E-state index in [0.29, 0.717) is 6.42 Å². The summed E-state index contributed by atoms with van der Waals surface area (Å²) in [5, 5.41) is 103. The summed E-state index contributed by atoms with van der Waals surface area (Å²) in [5.74, 6) is -2.75. The molecule has 3 aliphatic rings. The maximum atomic E-state index is 12.2. The van der Waals surface area contributed by atoms with Gasteiger partial charge in [-0.2, -0.15) is 0 Å². The molecule has 3 fully saturated rings. The Morgan fingerprint density at radius 2 is 0.737 bits per heavy atom. The van der Waals surface area contributed by atoms with Crippen molar-refractivity contribution < 1.29 is 103 Å². The molecule has 6 amide bonds. The predicted octanol–water partition coefficient (Wildman–Crippen LogP) is 3.36. The number of aliphatic hydroxyl groups is 9. The van der Waals surface area contributed by atoms with Crippen molar-refractivity contribution >= 4 is 41.5 Å². The van der Waals surface area contributed by atoms with Gasteiger partial charge in [0.15, 0.2) is 18.9 Å². The molecule has 4 rings (SSSR count). The molecule has 0 saturated carbocycles. The largest absolute Gasteiger partial charge is 0.394 e. The van der Waals surface area contributed by atoms with Crippen LogP contribution < -0.4 is 31.9 Å². The second-order valence-electron chi connectivity index (χ2n) is 24.6. The van der Waals surface area contributed by atoms with Crippen molar-refractivity contribution in [2.24, 2.45) is 0 Å². The van der Waals surface area contributed by atoms with Gasteiger partial charge < -0.3 is 106 Å². The number of unbranched alkanes of at least 4 members (excludes halogenated alkanes) is 19. The number of nitrogens with one attached hydrogen (secondary N) is 6. The molecule has 3 aliphatic heterocycles. The number of ether oxygens (including phenoxy) is 6. The molecule has 0 aromatic heterocycles. The Kier molecular flexibility index (Phi) is 50.3. The van der Waals surface area contributed by atoms with Crippen LogP contribution >= 0.6 is 0 Å². The highest BCUT2D eigenvalue weighted by molar-refractivity contribution is 5.92. The minimum Gasteiger partial charge on any atom is -0.394 e. The molecule has 0 radical (unpaired) electrons. The Labute approximate surface area is 585 Å². The van der Waals surface area contributed by atoms with E-state index >= 15 is 0 Å². The third kappa shape index (κ3) is 38.1. The molecule has 0 spiro atoms. The van der Waals surface area contributed by atoms with E-state index in [1.165, 1.54) is 123 Å². The van der Waals surface area contributed by atoms with Gasteiger partial charge in [-0.25, -0.2) is 0 Å². The Morgan fingerprint density at radius 3 is 1.10 bits per heavy atom. The number of methoxy groups -OCH3 is 3. The summed E-state index contributed by atoms with van der Waals surface area (Å²) in [6.07, 6.45) is 31.5. The molecule has 15 atom stereocenters. The van der Waals surface area contributed by atoms with Gasteiger partial charge >= 0.3 is 0 Å². The zero-order valence-corrected chi connectivity index (χ0v) is 59.0.